The number of aromatic nitrogens is 3. The zero-order valence-electron chi connectivity index (χ0n) is 12.5. The number of benzene rings is 1. The molecule has 112 valence electrons. The molecule has 0 radical (unpaired) electrons. The van der Waals surface area contributed by atoms with Gasteiger partial charge in [0.15, 0.2) is 0 Å². The molecule has 1 atom stereocenters. The van der Waals surface area contributed by atoms with E-state index < -0.39 is 0 Å². The van der Waals surface area contributed by atoms with Gasteiger partial charge < -0.3 is 4.90 Å². The number of piperazine rings is 1. The Bertz CT molecular complexity index is 648. The fourth-order valence-corrected chi connectivity index (χ4v) is 3.19. The highest BCUT2D eigenvalue weighted by Gasteiger charge is 2.25. The van der Waals surface area contributed by atoms with Crippen molar-refractivity contribution >= 4 is 18.2 Å². The number of rotatable bonds is 3. The van der Waals surface area contributed by atoms with E-state index in [9.17, 15) is 0 Å². The average molecular weight is 303 g/mol. The normalized spacial score (nSPS) is 19.9. The predicted octanol–water partition coefficient (Wildman–Crippen LogP) is 2.46. The fraction of sp³-hybridized carbons (Fsp3) is 0.467. The predicted molar refractivity (Wildman–Crippen MR) is 87.7 cm³/mol. The molecule has 0 aliphatic carbocycles. The average Bonchev–Trinajstić information content (AvgIpc) is 2.90. The molecule has 0 bridgehead atoms. The van der Waals surface area contributed by atoms with Gasteiger partial charge in [0.25, 0.3) is 0 Å². The van der Waals surface area contributed by atoms with Crippen LogP contribution < -0.4 is 4.90 Å². The van der Waals surface area contributed by atoms with Gasteiger partial charge in [0.1, 0.15) is 0 Å². The van der Waals surface area contributed by atoms with Gasteiger partial charge >= 0.3 is 0 Å². The second-order valence-corrected chi connectivity index (χ2v) is 5.81. The third kappa shape index (κ3) is 2.73. The highest BCUT2D eigenvalue weighted by Crippen LogP contribution is 2.21. The zero-order valence-corrected chi connectivity index (χ0v) is 13.3. The first-order chi connectivity index (χ1) is 10.2. The highest BCUT2D eigenvalue weighted by atomic mass is 32.1. The monoisotopic (exact) mass is 303 g/mol. The van der Waals surface area contributed by atoms with Crippen molar-refractivity contribution < 1.29 is 0 Å². The number of nitrogens with one attached hydrogen (secondary N) is 1. The van der Waals surface area contributed by atoms with Crippen LogP contribution in [-0.4, -0.2) is 51.9 Å². The van der Waals surface area contributed by atoms with Crippen LogP contribution in [0.2, 0.25) is 0 Å². The van der Waals surface area contributed by atoms with Crippen molar-refractivity contribution in [1.29, 1.82) is 0 Å². The number of aromatic amines is 1. The molecule has 1 N–H and O–H groups in total. The molecule has 3 rings (SSSR count). The molecular weight excluding hydrogens is 282 g/mol. The number of para-hydroxylation sites is 1. The molecular formula is C15H21N5S. The van der Waals surface area contributed by atoms with Gasteiger partial charge in [-0.3, -0.25) is 9.47 Å². The molecule has 0 amide bonds. The van der Waals surface area contributed by atoms with Crippen molar-refractivity contribution in [2.75, 3.05) is 31.1 Å². The summed E-state index contributed by atoms with van der Waals surface area (Å²) in [7, 11) is 0. The minimum absolute atomic E-state index is 0.526. The number of anilines is 1. The lowest BCUT2D eigenvalue weighted by molar-refractivity contribution is 0.198. The number of likely N-dealkylation sites (N-methyl/N-ethyl adjacent to an activating group) is 1. The first kappa shape index (κ1) is 14.3. The fourth-order valence-electron chi connectivity index (χ4n) is 2.96. The minimum atomic E-state index is 0.526. The molecule has 1 aliphatic rings. The molecule has 1 aromatic carbocycles. The van der Waals surface area contributed by atoms with E-state index >= 15 is 0 Å². The minimum Gasteiger partial charge on any atom is -0.338 e. The van der Waals surface area contributed by atoms with Crippen molar-refractivity contribution in [1.82, 2.24) is 19.7 Å². The van der Waals surface area contributed by atoms with Crippen LogP contribution in [-0.2, 0) is 0 Å². The SMILES string of the molecule is CCN1CCN(c2n[nH]c(=S)n2-c2ccccc2)CC1C. The Morgan fingerprint density at radius 2 is 2.05 bits per heavy atom. The summed E-state index contributed by atoms with van der Waals surface area (Å²) in [5.41, 5.74) is 1.05. The highest BCUT2D eigenvalue weighted by molar-refractivity contribution is 7.71. The van der Waals surface area contributed by atoms with Gasteiger partial charge in [0.05, 0.1) is 5.69 Å². The summed E-state index contributed by atoms with van der Waals surface area (Å²) < 4.78 is 2.66. The van der Waals surface area contributed by atoms with Crippen molar-refractivity contribution in [3.05, 3.63) is 35.1 Å². The number of hydrogen-bond donors (Lipinski definition) is 1. The standard InChI is InChI=1S/C15H21N5S/c1-3-18-9-10-19(11-12(18)2)14-16-17-15(21)20(14)13-7-5-4-6-8-13/h4-8,12H,3,9-11H2,1-2H3,(H,17,21). The van der Waals surface area contributed by atoms with Crippen molar-refractivity contribution in [3.8, 4) is 5.69 Å². The molecule has 2 aromatic rings. The van der Waals surface area contributed by atoms with E-state index in [0.717, 1.165) is 37.8 Å². The van der Waals surface area contributed by atoms with E-state index in [1.54, 1.807) is 0 Å². The summed E-state index contributed by atoms with van der Waals surface area (Å²) in [4.78, 5) is 4.81. The summed E-state index contributed by atoms with van der Waals surface area (Å²) in [5.74, 6) is 0.911. The van der Waals surface area contributed by atoms with Gasteiger partial charge in [-0.2, -0.15) is 0 Å². The Hall–Kier alpha value is -1.66. The van der Waals surface area contributed by atoms with Gasteiger partial charge in [0, 0.05) is 25.7 Å². The second kappa shape index (κ2) is 5.99. The summed E-state index contributed by atoms with van der Waals surface area (Å²) in [6.07, 6.45) is 0. The molecule has 2 heterocycles. The molecule has 1 unspecified atom stereocenters. The maximum Gasteiger partial charge on any atom is 0.230 e. The first-order valence-electron chi connectivity index (χ1n) is 7.42. The third-order valence-electron chi connectivity index (χ3n) is 4.12. The maximum atomic E-state index is 5.41. The lowest BCUT2D eigenvalue weighted by Crippen LogP contribution is -2.52. The Kier molecular flexibility index (Phi) is 4.07. The zero-order chi connectivity index (χ0) is 14.8. The lowest BCUT2D eigenvalue weighted by Gasteiger charge is -2.39. The maximum absolute atomic E-state index is 5.41. The van der Waals surface area contributed by atoms with E-state index in [1.165, 1.54) is 0 Å². The molecule has 0 spiro atoms. The Labute approximate surface area is 130 Å². The first-order valence-corrected chi connectivity index (χ1v) is 7.83. The number of H-pyrrole nitrogens is 1. The molecule has 1 fully saturated rings. The van der Waals surface area contributed by atoms with Gasteiger partial charge in [-0.15, -0.1) is 5.10 Å². The van der Waals surface area contributed by atoms with Gasteiger partial charge in [-0.25, -0.2) is 5.10 Å². The number of nitrogens with zero attached hydrogens (tertiary/aromatic N) is 4. The molecule has 21 heavy (non-hydrogen) atoms. The quantitative estimate of drug-likeness (QED) is 0.884. The van der Waals surface area contributed by atoms with E-state index in [0.29, 0.717) is 10.8 Å². The summed E-state index contributed by atoms with van der Waals surface area (Å²) in [6.45, 7) is 8.59. The van der Waals surface area contributed by atoms with E-state index in [4.69, 9.17) is 12.2 Å². The van der Waals surface area contributed by atoms with Crippen LogP contribution >= 0.6 is 12.2 Å². The van der Waals surface area contributed by atoms with Crippen LogP contribution in [0, 0.1) is 4.77 Å². The van der Waals surface area contributed by atoms with Gasteiger partial charge in [0.2, 0.25) is 10.7 Å². The largest absolute Gasteiger partial charge is 0.338 e. The van der Waals surface area contributed by atoms with Crippen LogP contribution in [0.15, 0.2) is 30.3 Å². The van der Waals surface area contributed by atoms with Crippen LogP contribution in [0.4, 0.5) is 5.95 Å². The van der Waals surface area contributed by atoms with Crippen LogP contribution in [0.1, 0.15) is 13.8 Å². The summed E-state index contributed by atoms with van der Waals surface area (Å²) in [5, 5.41) is 7.39. The Balaban J connectivity index is 1.93. The lowest BCUT2D eigenvalue weighted by atomic mass is 10.2. The molecule has 0 saturated carbocycles. The van der Waals surface area contributed by atoms with E-state index in [2.05, 4.69) is 46.0 Å². The Morgan fingerprint density at radius 3 is 2.71 bits per heavy atom. The third-order valence-corrected chi connectivity index (χ3v) is 4.40. The van der Waals surface area contributed by atoms with E-state index in [1.807, 2.05) is 22.8 Å². The smallest absolute Gasteiger partial charge is 0.230 e. The van der Waals surface area contributed by atoms with Gasteiger partial charge in [-0.05, 0) is 37.8 Å². The van der Waals surface area contributed by atoms with Crippen molar-refractivity contribution in [3.63, 3.8) is 0 Å². The van der Waals surface area contributed by atoms with Crippen LogP contribution in [0.25, 0.3) is 5.69 Å². The summed E-state index contributed by atoms with van der Waals surface area (Å²) >= 11 is 5.41. The topological polar surface area (TPSA) is 40.1 Å². The van der Waals surface area contributed by atoms with Crippen molar-refractivity contribution in [2.24, 2.45) is 0 Å². The Morgan fingerprint density at radius 1 is 1.29 bits per heavy atom. The van der Waals surface area contributed by atoms with Crippen LogP contribution in [0.3, 0.4) is 0 Å². The second-order valence-electron chi connectivity index (χ2n) is 5.42. The van der Waals surface area contributed by atoms with Gasteiger partial charge in [-0.1, -0.05) is 25.1 Å². The molecule has 5 nitrogen and oxygen atoms in total. The van der Waals surface area contributed by atoms with Crippen molar-refractivity contribution in [2.45, 2.75) is 19.9 Å². The molecule has 6 heteroatoms. The number of hydrogen-bond acceptors (Lipinski definition) is 4. The summed E-state index contributed by atoms with van der Waals surface area (Å²) in [6, 6.07) is 10.7. The molecule has 1 aliphatic heterocycles. The molecule has 1 saturated heterocycles. The van der Waals surface area contributed by atoms with E-state index in [-0.39, 0.29) is 0 Å². The molecule has 1 aromatic heterocycles. The van der Waals surface area contributed by atoms with Crippen LogP contribution in [0.5, 0.6) is 0 Å².